The second kappa shape index (κ2) is 7.47. The lowest BCUT2D eigenvalue weighted by Gasteiger charge is -2.26. The van der Waals surface area contributed by atoms with Gasteiger partial charge in [-0.25, -0.2) is 8.42 Å². The summed E-state index contributed by atoms with van der Waals surface area (Å²) in [5.41, 5.74) is 8.33. The maximum absolute atomic E-state index is 12.4. The van der Waals surface area contributed by atoms with Gasteiger partial charge in [-0.05, 0) is 24.3 Å². The van der Waals surface area contributed by atoms with Crippen molar-refractivity contribution >= 4 is 38.6 Å². The molecule has 1 fully saturated rings. The van der Waals surface area contributed by atoms with E-state index >= 15 is 0 Å². The zero-order valence-electron chi connectivity index (χ0n) is 12.1. The molecule has 10 heteroatoms. The van der Waals surface area contributed by atoms with Crippen molar-refractivity contribution in [2.24, 2.45) is 10.8 Å². The van der Waals surface area contributed by atoms with Gasteiger partial charge < -0.3 is 10.5 Å². The number of morpholine rings is 1. The van der Waals surface area contributed by atoms with Crippen molar-refractivity contribution in [1.29, 1.82) is 5.26 Å². The number of nitrogens with one attached hydrogen (secondary N) is 1. The molecule has 23 heavy (non-hydrogen) atoms. The summed E-state index contributed by atoms with van der Waals surface area (Å²) < 4.78 is 31.4. The maximum atomic E-state index is 12.4. The number of thiocarbonyl (C=S) groups is 1. The summed E-state index contributed by atoms with van der Waals surface area (Å²) >= 11 is 4.66. The molecule has 3 N–H and O–H groups in total. The number of nitrogens with zero attached hydrogens (tertiary/aromatic N) is 3. The SMILES string of the molecule is N#C/C(=N/Nc1ccc(S(=O)(=O)N2CCOCC2)cc1)C(N)=S. The molecule has 1 saturated heterocycles. The average Bonchev–Trinajstić information content (AvgIpc) is 2.56. The molecule has 1 aromatic rings. The lowest BCUT2D eigenvalue weighted by molar-refractivity contribution is 0.0730. The number of ether oxygens (including phenoxy) is 1. The number of rotatable bonds is 5. The van der Waals surface area contributed by atoms with Crippen molar-refractivity contribution in [3.8, 4) is 6.07 Å². The van der Waals surface area contributed by atoms with Crippen LogP contribution in [0.25, 0.3) is 0 Å². The van der Waals surface area contributed by atoms with Crippen LogP contribution < -0.4 is 11.2 Å². The number of nitriles is 1. The molecule has 0 unspecified atom stereocenters. The molecular formula is C13H15N5O3S2. The number of benzene rings is 1. The molecule has 1 aliphatic rings. The predicted octanol–water partition coefficient (Wildman–Crippen LogP) is 0.285. The van der Waals surface area contributed by atoms with Crippen LogP contribution in [0.4, 0.5) is 5.69 Å². The Morgan fingerprint density at radius 2 is 1.96 bits per heavy atom. The molecule has 0 aliphatic carbocycles. The van der Waals surface area contributed by atoms with E-state index in [1.165, 1.54) is 16.4 Å². The highest BCUT2D eigenvalue weighted by atomic mass is 32.2. The molecule has 8 nitrogen and oxygen atoms in total. The van der Waals surface area contributed by atoms with E-state index in [9.17, 15) is 8.42 Å². The first-order valence-electron chi connectivity index (χ1n) is 6.66. The smallest absolute Gasteiger partial charge is 0.243 e. The maximum Gasteiger partial charge on any atom is 0.243 e. The van der Waals surface area contributed by atoms with E-state index in [1.54, 1.807) is 18.2 Å². The molecule has 0 spiro atoms. The minimum Gasteiger partial charge on any atom is -0.387 e. The van der Waals surface area contributed by atoms with Crippen molar-refractivity contribution in [1.82, 2.24) is 4.31 Å². The fraction of sp³-hybridized carbons (Fsp3) is 0.308. The van der Waals surface area contributed by atoms with Gasteiger partial charge in [-0.2, -0.15) is 14.7 Å². The Bertz CT molecular complexity index is 747. The van der Waals surface area contributed by atoms with Crippen LogP contribution in [0.2, 0.25) is 0 Å². The van der Waals surface area contributed by atoms with Crippen LogP contribution in [-0.2, 0) is 14.8 Å². The summed E-state index contributed by atoms with van der Waals surface area (Å²) in [6.45, 7) is 1.46. The lowest BCUT2D eigenvalue weighted by atomic mass is 10.3. The fourth-order valence-corrected chi connectivity index (χ4v) is 3.39. The highest BCUT2D eigenvalue weighted by Crippen LogP contribution is 2.19. The summed E-state index contributed by atoms with van der Waals surface area (Å²) in [4.78, 5) is 0.0651. The summed E-state index contributed by atoms with van der Waals surface area (Å²) in [5, 5.41) is 12.5. The van der Waals surface area contributed by atoms with E-state index in [0.29, 0.717) is 32.0 Å². The molecular weight excluding hydrogens is 338 g/mol. The van der Waals surface area contributed by atoms with Crippen molar-refractivity contribution < 1.29 is 13.2 Å². The third kappa shape index (κ3) is 4.23. The van der Waals surface area contributed by atoms with Gasteiger partial charge in [0, 0.05) is 13.1 Å². The minimum absolute atomic E-state index is 0.106. The van der Waals surface area contributed by atoms with Gasteiger partial charge in [0.25, 0.3) is 0 Å². The second-order valence-electron chi connectivity index (χ2n) is 4.59. The van der Waals surface area contributed by atoms with Gasteiger partial charge >= 0.3 is 0 Å². The summed E-state index contributed by atoms with van der Waals surface area (Å²) in [5.74, 6) is 0. The van der Waals surface area contributed by atoms with Crippen molar-refractivity contribution in [3.63, 3.8) is 0 Å². The fourth-order valence-electron chi connectivity index (χ4n) is 1.89. The summed E-state index contributed by atoms with van der Waals surface area (Å²) in [7, 11) is -3.53. The third-order valence-electron chi connectivity index (χ3n) is 3.10. The van der Waals surface area contributed by atoms with E-state index in [1.807, 2.05) is 0 Å². The van der Waals surface area contributed by atoms with Gasteiger partial charge in [0.15, 0.2) is 5.71 Å². The number of hydrogen-bond acceptors (Lipinski definition) is 7. The first-order chi connectivity index (χ1) is 10.9. The lowest BCUT2D eigenvalue weighted by Crippen LogP contribution is -2.40. The zero-order valence-corrected chi connectivity index (χ0v) is 13.7. The Morgan fingerprint density at radius 3 is 2.48 bits per heavy atom. The van der Waals surface area contributed by atoms with Crippen LogP contribution in [0, 0.1) is 11.3 Å². The predicted molar refractivity (Wildman–Crippen MR) is 89.5 cm³/mol. The van der Waals surface area contributed by atoms with E-state index < -0.39 is 10.0 Å². The first kappa shape index (κ1) is 17.3. The second-order valence-corrected chi connectivity index (χ2v) is 6.97. The summed E-state index contributed by atoms with van der Waals surface area (Å²) in [6, 6.07) is 7.79. The van der Waals surface area contributed by atoms with Gasteiger partial charge in [0.05, 0.1) is 23.8 Å². The Kier molecular flexibility index (Phi) is 5.62. The average molecular weight is 353 g/mol. The van der Waals surface area contributed by atoms with E-state index in [-0.39, 0.29) is 15.6 Å². The van der Waals surface area contributed by atoms with Gasteiger partial charge in [0.2, 0.25) is 10.0 Å². The van der Waals surface area contributed by atoms with Gasteiger partial charge in [-0.3, -0.25) is 5.43 Å². The molecule has 122 valence electrons. The Balaban J connectivity index is 2.13. The van der Waals surface area contributed by atoms with Crippen LogP contribution in [0.15, 0.2) is 34.3 Å². The van der Waals surface area contributed by atoms with Crippen LogP contribution >= 0.6 is 12.2 Å². The largest absolute Gasteiger partial charge is 0.387 e. The number of sulfonamides is 1. The quantitative estimate of drug-likeness (QED) is 0.443. The minimum atomic E-state index is -3.53. The monoisotopic (exact) mass is 353 g/mol. The molecule has 2 rings (SSSR count). The van der Waals surface area contributed by atoms with E-state index in [0.717, 1.165) is 0 Å². The van der Waals surface area contributed by atoms with Crippen molar-refractivity contribution in [3.05, 3.63) is 24.3 Å². The number of anilines is 1. The highest BCUT2D eigenvalue weighted by Gasteiger charge is 2.25. The van der Waals surface area contributed by atoms with E-state index in [2.05, 4.69) is 22.7 Å². The highest BCUT2D eigenvalue weighted by molar-refractivity contribution is 7.89. The molecule has 1 aliphatic heterocycles. The topological polar surface area (TPSA) is 121 Å². The molecule has 0 atom stereocenters. The Morgan fingerprint density at radius 1 is 1.35 bits per heavy atom. The van der Waals surface area contributed by atoms with Crippen LogP contribution in [0.3, 0.4) is 0 Å². The molecule has 0 amide bonds. The van der Waals surface area contributed by atoms with Gasteiger partial charge in [0.1, 0.15) is 11.1 Å². The Labute approximate surface area is 139 Å². The molecule has 0 aromatic heterocycles. The molecule has 1 heterocycles. The van der Waals surface area contributed by atoms with Crippen molar-refractivity contribution in [2.75, 3.05) is 31.7 Å². The third-order valence-corrected chi connectivity index (χ3v) is 5.20. The Hall–Kier alpha value is -2.06. The van der Waals surface area contributed by atoms with Crippen molar-refractivity contribution in [2.45, 2.75) is 4.90 Å². The molecule has 0 bridgehead atoms. The molecule has 1 aromatic carbocycles. The zero-order chi connectivity index (χ0) is 16.9. The normalized spacial score (nSPS) is 16.6. The number of hydrogen-bond donors (Lipinski definition) is 2. The van der Waals surface area contributed by atoms with Gasteiger partial charge in [-0.1, -0.05) is 12.2 Å². The number of nitrogens with two attached hydrogens (primary N) is 1. The van der Waals surface area contributed by atoms with E-state index in [4.69, 9.17) is 15.7 Å². The standard InChI is InChI=1S/C13H15N5O3S2/c14-9-12(13(15)22)17-16-10-1-3-11(4-2-10)23(19,20)18-5-7-21-8-6-18/h1-4,16H,5-8H2,(H2,15,22)/b17-12-. The van der Waals surface area contributed by atoms with Crippen LogP contribution in [-0.4, -0.2) is 49.7 Å². The number of hydrazone groups is 1. The first-order valence-corrected chi connectivity index (χ1v) is 8.51. The molecule has 0 saturated carbocycles. The molecule has 0 radical (unpaired) electrons. The summed E-state index contributed by atoms with van der Waals surface area (Å²) in [6.07, 6.45) is 0. The van der Waals surface area contributed by atoms with Crippen LogP contribution in [0.5, 0.6) is 0 Å². The van der Waals surface area contributed by atoms with Gasteiger partial charge in [-0.15, -0.1) is 0 Å². The van der Waals surface area contributed by atoms with Crippen LogP contribution in [0.1, 0.15) is 0 Å².